The molecule has 20 heavy (non-hydrogen) atoms. The van der Waals surface area contributed by atoms with Gasteiger partial charge >= 0.3 is 0 Å². The number of methoxy groups -OCH3 is 1. The van der Waals surface area contributed by atoms with Crippen LogP contribution >= 0.6 is 0 Å². The summed E-state index contributed by atoms with van der Waals surface area (Å²) in [5.41, 5.74) is 3.94. The summed E-state index contributed by atoms with van der Waals surface area (Å²) < 4.78 is 6.64. The zero-order valence-corrected chi connectivity index (χ0v) is 11.0. The number of carbonyl (C=O) groups is 1. The highest BCUT2D eigenvalue weighted by Crippen LogP contribution is 2.10. The van der Waals surface area contributed by atoms with E-state index in [9.17, 15) is 4.79 Å². The molecule has 0 aromatic carbocycles. The highest BCUT2D eigenvalue weighted by atomic mass is 16.5. The second-order valence-corrected chi connectivity index (χ2v) is 4.01. The van der Waals surface area contributed by atoms with E-state index in [0.29, 0.717) is 24.5 Å². The van der Waals surface area contributed by atoms with Crippen molar-refractivity contribution in [2.24, 2.45) is 5.84 Å². The molecule has 0 aliphatic rings. The number of nitrogens with one attached hydrogen (secondary N) is 2. The molecule has 2 rings (SSSR count). The molecule has 2 aromatic rings. The third kappa shape index (κ3) is 3.53. The number of hydrogen-bond donors (Lipinski definition) is 3. The average molecular weight is 276 g/mol. The number of pyridine rings is 1. The highest BCUT2D eigenvalue weighted by Gasteiger charge is 2.09. The van der Waals surface area contributed by atoms with Gasteiger partial charge in [0.25, 0.3) is 5.91 Å². The van der Waals surface area contributed by atoms with Crippen molar-refractivity contribution in [2.75, 3.05) is 24.5 Å². The Morgan fingerprint density at radius 3 is 3.10 bits per heavy atom. The zero-order valence-electron chi connectivity index (χ0n) is 11.0. The number of aromatic nitrogens is 3. The van der Waals surface area contributed by atoms with Crippen LogP contribution in [0.3, 0.4) is 0 Å². The Hall–Kier alpha value is -2.45. The number of rotatable bonds is 6. The predicted molar refractivity (Wildman–Crippen MR) is 74.1 cm³/mol. The van der Waals surface area contributed by atoms with Gasteiger partial charge in [0, 0.05) is 19.5 Å². The van der Waals surface area contributed by atoms with Crippen LogP contribution in [-0.2, 0) is 11.3 Å². The van der Waals surface area contributed by atoms with Crippen molar-refractivity contribution in [3.8, 4) is 0 Å². The van der Waals surface area contributed by atoms with E-state index in [1.54, 1.807) is 36.3 Å². The van der Waals surface area contributed by atoms with Crippen molar-refractivity contribution in [2.45, 2.75) is 6.54 Å². The van der Waals surface area contributed by atoms with Gasteiger partial charge in [-0.2, -0.15) is 5.10 Å². The first-order valence-electron chi connectivity index (χ1n) is 5.98. The second kappa shape index (κ2) is 6.64. The Labute approximate surface area is 115 Å². The van der Waals surface area contributed by atoms with Crippen molar-refractivity contribution in [1.29, 1.82) is 0 Å². The minimum atomic E-state index is -0.326. The van der Waals surface area contributed by atoms with E-state index in [-0.39, 0.29) is 11.6 Å². The molecule has 106 valence electrons. The van der Waals surface area contributed by atoms with E-state index < -0.39 is 0 Å². The molecule has 1 amide bonds. The van der Waals surface area contributed by atoms with Crippen molar-refractivity contribution >= 4 is 17.3 Å². The van der Waals surface area contributed by atoms with Crippen LogP contribution in [0, 0.1) is 0 Å². The number of carbonyl (C=O) groups excluding carboxylic acids is 1. The minimum absolute atomic E-state index is 0.269. The zero-order chi connectivity index (χ0) is 14.4. The van der Waals surface area contributed by atoms with Gasteiger partial charge < -0.3 is 15.5 Å². The molecule has 4 N–H and O–H groups in total. The van der Waals surface area contributed by atoms with Gasteiger partial charge in [-0.05, 0) is 12.1 Å². The Balaban J connectivity index is 2.01. The maximum Gasteiger partial charge on any atom is 0.274 e. The summed E-state index contributed by atoms with van der Waals surface area (Å²) >= 11 is 0. The normalized spacial score (nSPS) is 10.3. The number of anilines is 2. The monoisotopic (exact) mass is 276 g/mol. The Bertz CT molecular complexity index is 583. The summed E-state index contributed by atoms with van der Waals surface area (Å²) in [6.45, 7) is 1.18. The number of amides is 1. The lowest BCUT2D eigenvalue weighted by Gasteiger charge is -2.04. The minimum Gasteiger partial charge on any atom is -0.383 e. The topological polar surface area (TPSA) is 107 Å². The summed E-state index contributed by atoms with van der Waals surface area (Å²) in [5.74, 6) is 4.96. The van der Waals surface area contributed by atoms with Gasteiger partial charge in [0.1, 0.15) is 5.69 Å². The number of nitrogens with two attached hydrogens (primary N) is 1. The van der Waals surface area contributed by atoms with Crippen LogP contribution < -0.4 is 16.6 Å². The van der Waals surface area contributed by atoms with Gasteiger partial charge in [-0.1, -0.05) is 0 Å². The molecule has 0 atom stereocenters. The Kier molecular flexibility index (Phi) is 4.64. The quantitative estimate of drug-likeness (QED) is 0.522. The molecule has 0 fully saturated rings. The molecular weight excluding hydrogens is 260 g/mol. The number of ether oxygens (including phenoxy) is 1. The number of hydrazine groups is 1. The van der Waals surface area contributed by atoms with E-state index in [2.05, 4.69) is 20.8 Å². The fourth-order valence-corrected chi connectivity index (χ4v) is 1.57. The van der Waals surface area contributed by atoms with Gasteiger partial charge in [-0.3, -0.25) is 20.3 Å². The van der Waals surface area contributed by atoms with Gasteiger partial charge in [0.15, 0.2) is 0 Å². The van der Waals surface area contributed by atoms with Crippen molar-refractivity contribution in [1.82, 2.24) is 14.8 Å². The molecule has 0 saturated heterocycles. The number of nitrogen functional groups attached to an aromatic ring is 1. The average Bonchev–Trinajstić information content (AvgIpc) is 2.92. The number of nitrogens with zero attached hydrogens (tertiary/aromatic N) is 3. The lowest BCUT2D eigenvalue weighted by Crippen LogP contribution is -2.14. The largest absolute Gasteiger partial charge is 0.383 e. The third-order valence-electron chi connectivity index (χ3n) is 2.57. The van der Waals surface area contributed by atoms with E-state index in [4.69, 9.17) is 10.6 Å². The molecule has 8 nitrogen and oxygen atoms in total. The van der Waals surface area contributed by atoms with E-state index in [1.165, 1.54) is 6.20 Å². The summed E-state index contributed by atoms with van der Waals surface area (Å²) in [5, 5.41) is 6.82. The summed E-state index contributed by atoms with van der Waals surface area (Å²) in [6, 6.07) is 3.23. The molecule has 0 radical (unpaired) electrons. The molecular formula is C12H16N6O2. The molecule has 0 bridgehead atoms. The molecule has 0 spiro atoms. The lowest BCUT2D eigenvalue weighted by atomic mass is 10.3. The van der Waals surface area contributed by atoms with Crippen LogP contribution in [0.1, 0.15) is 10.5 Å². The van der Waals surface area contributed by atoms with Crippen LogP contribution in [0.15, 0.2) is 30.7 Å². The van der Waals surface area contributed by atoms with Gasteiger partial charge in [-0.15, -0.1) is 0 Å². The van der Waals surface area contributed by atoms with Gasteiger partial charge in [-0.25, -0.2) is 0 Å². The van der Waals surface area contributed by atoms with E-state index in [0.717, 1.165) is 0 Å². The standard InChI is InChI=1S/C12H16N6O2/c1-20-5-4-18-8-10(7-15-18)16-12(19)11-6-9(17-13)2-3-14-11/h2-3,6-8H,4-5,13H2,1H3,(H,14,17)(H,16,19). The number of hydrogen-bond acceptors (Lipinski definition) is 6. The molecule has 0 aliphatic carbocycles. The van der Waals surface area contributed by atoms with E-state index >= 15 is 0 Å². The third-order valence-corrected chi connectivity index (χ3v) is 2.57. The van der Waals surface area contributed by atoms with Crippen molar-refractivity contribution in [3.63, 3.8) is 0 Å². The Morgan fingerprint density at radius 2 is 2.35 bits per heavy atom. The van der Waals surface area contributed by atoms with Crippen LogP contribution in [0.25, 0.3) is 0 Å². The highest BCUT2D eigenvalue weighted by molar-refractivity contribution is 6.03. The van der Waals surface area contributed by atoms with Crippen LogP contribution in [-0.4, -0.2) is 34.4 Å². The van der Waals surface area contributed by atoms with Crippen LogP contribution in [0.2, 0.25) is 0 Å². The summed E-state index contributed by atoms with van der Waals surface area (Å²) in [7, 11) is 1.62. The maximum atomic E-state index is 12.0. The maximum absolute atomic E-state index is 12.0. The first-order valence-corrected chi connectivity index (χ1v) is 5.98. The molecule has 0 unspecified atom stereocenters. The van der Waals surface area contributed by atoms with Crippen molar-refractivity contribution in [3.05, 3.63) is 36.4 Å². The van der Waals surface area contributed by atoms with Crippen molar-refractivity contribution < 1.29 is 9.53 Å². The van der Waals surface area contributed by atoms with Gasteiger partial charge in [0.05, 0.1) is 30.7 Å². The van der Waals surface area contributed by atoms with E-state index in [1.807, 2.05) is 0 Å². The summed E-state index contributed by atoms with van der Waals surface area (Å²) in [6.07, 6.45) is 4.80. The fraction of sp³-hybridized carbons (Fsp3) is 0.250. The predicted octanol–water partition coefficient (Wildman–Crippen LogP) is 0.462. The van der Waals surface area contributed by atoms with Crippen LogP contribution in [0.4, 0.5) is 11.4 Å². The molecule has 0 aliphatic heterocycles. The Morgan fingerprint density at radius 1 is 1.50 bits per heavy atom. The first-order chi connectivity index (χ1) is 9.72. The molecule has 0 saturated carbocycles. The first kappa shape index (κ1) is 14.0. The molecule has 2 aromatic heterocycles. The fourth-order valence-electron chi connectivity index (χ4n) is 1.57. The van der Waals surface area contributed by atoms with Gasteiger partial charge in [0.2, 0.25) is 0 Å². The van der Waals surface area contributed by atoms with Crippen LogP contribution in [0.5, 0.6) is 0 Å². The second-order valence-electron chi connectivity index (χ2n) is 4.01. The molecule has 8 heteroatoms. The summed E-state index contributed by atoms with van der Waals surface area (Å²) in [4.78, 5) is 16.0. The lowest BCUT2D eigenvalue weighted by molar-refractivity contribution is 0.102. The SMILES string of the molecule is COCCn1cc(NC(=O)c2cc(NN)ccn2)cn1. The molecule has 2 heterocycles. The smallest absolute Gasteiger partial charge is 0.274 e.